The lowest BCUT2D eigenvalue weighted by Gasteiger charge is -2.19. The van der Waals surface area contributed by atoms with E-state index in [9.17, 15) is 0 Å². The zero-order chi connectivity index (χ0) is 9.73. The lowest BCUT2D eigenvalue weighted by atomic mass is 9.92. The number of alkyl halides is 1. The van der Waals surface area contributed by atoms with Crippen LogP contribution in [0.5, 0.6) is 0 Å². The lowest BCUT2D eigenvalue weighted by molar-refractivity contribution is 0.344. The lowest BCUT2D eigenvalue weighted by Crippen LogP contribution is -2.27. The van der Waals surface area contributed by atoms with Gasteiger partial charge in [0, 0.05) is 19.0 Å². The molecule has 1 aliphatic rings. The average molecular weight is 202 g/mol. The van der Waals surface area contributed by atoms with Crippen molar-refractivity contribution in [2.45, 2.75) is 26.7 Å². The molecule has 2 heteroatoms. The van der Waals surface area contributed by atoms with Crippen LogP contribution in [-0.4, -0.2) is 19.0 Å². The van der Waals surface area contributed by atoms with Gasteiger partial charge in [0.05, 0.1) is 0 Å². The first-order chi connectivity index (χ1) is 6.21. The molecular weight excluding hydrogens is 182 g/mol. The third kappa shape index (κ3) is 3.32. The van der Waals surface area contributed by atoms with Crippen LogP contribution in [0.25, 0.3) is 0 Å². The molecule has 0 saturated heterocycles. The van der Waals surface area contributed by atoms with Crippen molar-refractivity contribution in [1.82, 2.24) is 5.32 Å². The summed E-state index contributed by atoms with van der Waals surface area (Å²) in [5, 5.41) is 3.46. The van der Waals surface area contributed by atoms with Crippen molar-refractivity contribution in [3.63, 3.8) is 0 Å². The van der Waals surface area contributed by atoms with Gasteiger partial charge in [-0.05, 0) is 24.2 Å². The van der Waals surface area contributed by atoms with Crippen LogP contribution in [0, 0.1) is 11.3 Å². The topological polar surface area (TPSA) is 12.0 Å². The first-order valence-electron chi connectivity index (χ1n) is 5.13. The highest BCUT2D eigenvalue weighted by molar-refractivity contribution is 6.18. The minimum absolute atomic E-state index is 0.620. The van der Waals surface area contributed by atoms with Crippen molar-refractivity contribution in [2.75, 3.05) is 19.0 Å². The quantitative estimate of drug-likeness (QED) is 0.396. The van der Waals surface area contributed by atoms with Crippen LogP contribution in [0.4, 0.5) is 0 Å². The Balaban J connectivity index is 2.09. The summed E-state index contributed by atoms with van der Waals surface area (Å²) in [6.45, 7) is 6.77. The second-order valence-electron chi connectivity index (χ2n) is 4.27. The normalized spacial score (nSPS) is 20.0. The monoisotopic (exact) mass is 201 g/mol. The van der Waals surface area contributed by atoms with Gasteiger partial charge in [0.15, 0.2) is 0 Å². The third-order valence-electron chi connectivity index (χ3n) is 3.11. The highest BCUT2D eigenvalue weighted by Gasteiger charge is 2.44. The molecule has 1 fully saturated rings. The van der Waals surface area contributed by atoms with E-state index in [1.165, 1.54) is 12.8 Å². The maximum atomic E-state index is 5.52. The number of hydrogen-bond acceptors (Lipinski definition) is 1. The van der Waals surface area contributed by atoms with Crippen LogP contribution >= 0.6 is 11.6 Å². The zero-order valence-corrected chi connectivity index (χ0v) is 9.40. The van der Waals surface area contributed by atoms with Crippen LogP contribution in [0.2, 0.25) is 0 Å². The number of rotatable bonds is 6. The van der Waals surface area contributed by atoms with Crippen molar-refractivity contribution in [1.29, 1.82) is 0 Å². The van der Waals surface area contributed by atoms with Gasteiger partial charge in [-0.1, -0.05) is 26.0 Å². The highest BCUT2D eigenvalue weighted by atomic mass is 35.5. The van der Waals surface area contributed by atoms with Crippen molar-refractivity contribution in [3.05, 3.63) is 12.2 Å². The Morgan fingerprint density at radius 2 is 2.08 bits per heavy atom. The number of hydrogen-bond donors (Lipinski definition) is 1. The molecule has 0 heterocycles. The molecule has 0 aromatic heterocycles. The van der Waals surface area contributed by atoms with Gasteiger partial charge in [-0.3, -0.25) is 0 Å². The Bertz CT molecular complexity index is 171. The minimum Gasteiger partial charge on any atom is -0.313 e. The van der Waals surface area contributed by atoms with Crippen LogP contribution in [0.15, 0.2) is 12.2 Å². The molecule has 0 aromatic rings. The van der Waals surface area contributed by atoms with Crippen LogP contribution in [0.1, 0.15) is 26.7 Å². The van der Waals surface area contributed by atoms with Gasteiger partial charge in [0.25, 0.3) is 0 Å². The second-order valence-corrected chi connectivity index (χ2v) is 4.58. The molecule has 1 nitrogen and oxygen atoms in total. The minimum atomic E-state index is 0.620. The summed E-state index contributed by atoms with van der Waals surface area (Å²) in [5.74, 6) is 1.44. The fourth-order valence-corrected chi connectivity index (χ4v) is 1.80. The van der Waals surface area contributed by atoms with E-state index < -0.39 is 0 Å². The number of nitrogens with one attached hydrogen (secondary N) is 1. The second kappa shape index (κ2) is 5.02. The Kier molecular flexibility index (Phi) is 4.27. The fourth-order valence-electron chi connectivity index (χ4n) is 1.67. The Hall–Kier alpha value is -0.0100. The van der Waals surface area contributed by atoms with Gasteiger partial charge in [-0.15, -0.1) is 11.6 Å². The Morgan fingerprint density at radius 1 is 1.38 bits per heavy atom. The summed E-state index contributed by atoms with van der Waals surface area (Å²) in [5.41, 5.74) is 0.620. The molecule has 0 spiro atoms. The van der Waals surface area contributed by atoms with Gasteiger partial charge in [-0.25, -0.2) is 0 Å². The largest absolute Gasteiger partial charge is 0.313 e. The standard InChI is InChI=1S/C11H20ClN/c1-10(2)11(5-6-11)9-13-8-4-3-7-12/h3-4,10,13H,5-9H2,1-2H3/b4-3+. The smallest absolute Gasteiger partial charge is 0.0404 e. The van der Waals surface area contributed by atoms with Gasteiger partial charge in [-0.2, -0.15) is 0 Å². The Morgan fingerprint density at radius 3 is 2.54 bits per heavy atom. The molecule has 0 amide bonds. The molecule has 1 aliphatic carbocycles. The van der Waals surface area contributed by atoms with Gasteiger partial charge >= 0.3 is 0 Å². The zero-order valence-electron chi connectivity index (χ0n) is 8.65. The summed E-state index contributed by atoms with van der Waals surface area (Å²) in [7, 11) is 0. The molecule has 0 atom stereocenters. The fraction of sp³-hybridized carbons (Fsp3) is 0.818. The molecule has 0 bridgehead atoms. The maximum absolute atomic E-state index is 5.52. The van der Waals surface area contributed by atoms with Crippen LogP contribution in [0.3, 0.4) is 0 Å². The average Bonchev–Trinajstić information content (AvgIpc) is 2.85. The number of halogens is 1. The number of allylic oxidation sites excluding steroid dienone is 1. The summed E-state index contributed by atoms with van der Waals surface area (Å²) < 4.78 is 0. The molecule has 0 radical (unpaired) electrons. The van der Waals surface area contributed by atoms with Crippen molar-refractivity contribution >= 4 is 11.6 Å². The van der Waals surface area contributed by atoms with Crippen LogP contribution in [-0.2, 0) is 0 Å². The predicted octanol–water partition coefficient (Wildman–Crippen LogP) is 2.81. The van der Waals surface area contributed by atoms with Crippen molar-refractivity contribution < 1.29 is 0 Å². The van der Waals surface area contributed by atoms with Gasteiger partial charge < -0.3 is 5.32 Å². The van der Waals surface area contributed by atoms with Crippen LogP contribution < -0.4 is 5.32 Å². The first kappa shape index (κ1) is 11.1. The van der Waals surface area contributed by atoms with E-state index in [4.69, 9.17) is 11.6 Å². The Labute approximate surface area is 86.5 Å². The highest BCUT2D eigenvalue weighted by Crippen LogP contribution is 2.51. The summed E-state index contributed by atoms with van der Waals surface area (Å²) >= 11 is 5.52. The van der Waals surface area contributed by atoms with Crippen molar-refractivity contribution in [3.8, 4) is 0 Å². The van der Waals surface area contributed by atoms with E-state index in [1.54, 1.807) is 0 Å². The molecule has 0 aromatic carbocycles. The van der Waals surface area contributed by atoms with Crippen molar-refractivity contribution in [2.24, 2.45) is 11.3 Å². The maximum Gasteiger partial charge on any atom is 0.0404 e. The van der Waals surface area contributed by atoms with Gasteiger partial charge in [0.1, 0.15) is 0 Å². The molecule has 76 valence electrons. The molecule has 13 heavy (non-hydrogen) atoms. The third-order valence-corrected chi connectivity index (χ3v) is 3.29. The van der Waals surface area contributed by atoms with E-state index in [0.717, 1.165) is 19.0 Å². The summed E-state index contributed by atoms with van der Waals surface area (Å²) in [4.78, 5) is 0. The molecule has 1 saturated carbocycles. The van der Waals surface area contributed by atoms with Gasteiger partial charge in [0.2, 0.25) is 0 Å². The van der Waals surface area contributed by atoms with E-state index in [0.29, 0.717) is 11.3 Å². The van der Waals surface area contributed by atoms with E-state index in [1.807, 2.05) is 6.08 Å². The molecule has 1 N–H and O–H groups in total. The molecule has 0 unspecified atom stereocenters. The summed E-state index contributed by atoms with van der Waals surface area (Å²) in [6, 6.07) is 0. The molecule has 1 rings (SSSR count). The molecular formula is C11H20ClN. The van der Waals surface area contributed by atoms with E-state index >= 15 is 0 Å². The first-order valence-corrected chi connectivity index (χ1v) is 5.66. The summed E-state index contributed by atoms with van der Waals surface area (Å²) in [6.07, 6.45) is 6.89. The predicted molar refractivity (Wildman–Crippen MR) is 59.2 cm³/mol. The van der Waals surface area contributed by atoms with E-state index in [2.05, 4.69) is 25.2 Å². The SMILES string of the molecule is CC(C)C1(CNC/C=C/CCl)CC1. The van der Waals surface area contributed by atoms with E-state index in [-0.39, 0.29) is 0 Å². The molecule has 0 aliphatic heterocycles.